The van der Waals surface area contributed by atoms with Crippen LogP contribution in [0.25, 0.3) is 0 Å². The van der Waals surface area contributed by atoms with Crippen LogP contribution in [0.15, 0.2) is 29.2 Å². The van der Waals surface area contributed by atoms with E-state index in [1.807, 2.05) is 0 Å². The molecule has 1 aromatic heterocycles. The van der Waals surface area contributed by atoms with E-state index in [-0.39, 0.29) is 22.7 Å². The number of aromatic amines is 1. The zero-order chi connectivity index (χ0) is 15.6. The van der Waals surface area contributed by atoms with Gasteiger partial charge in [-0.1, -0.05) is 18.2 Å². The van der Waals surface area contributed by atoms with Crippen molar-refractivity contribution in [3.63, 3.8) is 0 Å². The minimum Gasteiger partial charge on any atom is -0.325 e. The maximum Gasteiger partial charge on any atom is 0.244 e. The Labute approximate surface area is 122 Å². The number of sulfonamides is 1. The van der Waals surface area contributed by atoms with Gasteiger partial charge in [0.15, 0.2) is 0 Å². The summed E-state index contributed by atoms with van der Waals surface area (Å²) >= 11 is 0. The number of H-pyrrole nitrogens is 1. The van der Waals surface area contributed by atoms with Gasteiger partial charge in [0.05, 0.1) is 11.4 Å². The second-order valence-corrected chi connectivity index (χ2v) is 6.34. The molecule has 2 rings (SSSR count). The summed E-state index contributed by atoms with van der Waals surface area (Å²) in [6, 6.07) is 5.31. The molecule has 0 spiro atoms. The van der Waals surface area contributed by atoms with Crippen molar-refractivity contribution in [3.05, 3.63) is 47.0 Å². The van der Waals surface area contributed by atoms with Crippen molar-refractivity contribution in [2.45, 2.75) is 31.3 Å². The van der Waals surface area contributed by atoms with E-state index in [4.69, 9.17) is 5.73 Å². The Morgan fingerprint density at radius 3 is 2.71 bits per heavy atom. The zero-order valence-electron chi connectivity index (χ0n) is 11.7. The molecule has 8 heteroatoms. The molecule has 0 bridgehead atoms. The van der Waals surface area contributed by atoms with Crippen molar-refractivity contribution >= 4 is 10.0 Å². The molecule has 21 heavy (non-hydrogen) atoms. The van der Waals surface area contributed by atoms with Crippen LogP contribution in [-0.2, 0) is 16.6 Å². The summed E-state index contributed by atoms with van der Waals surface area (Å²) in [4.78, 5) is 0.0215. The number of halogens is 1. The topological polar surface area (TPSA) is 101 Å². The van der Waals surface area contributed by atoms with E-state index in [9.17, 15) is 12.8 Å². The number of nitrogens with zero attached hydrogens (tertiary/aromatic N) is 1. The summed E-state index contributed by atoms with van der Waals surface area (Å²) in [5.74, 6) is -0.462. The van der Waals surface area contributed by atoms with E-state index in [1.165, 1.54) is 12.1 Å². The van der Waals surface area contributed by atoms with Gasteiger partial charge in [0, 0.05) is 18.2 Å². The lowest BCUT2D eigenvalue weighted by atomic mass is 10.1. The molecule has 6 nitrogen and oxygen atoms in total. The maximum absolute atomic E-state index is 13.7. The third-order valence-corrected chi connectivity index (χ3v) is 4.87. The SMILES string of the molecule is Cc1[nH]nc(CN)c1S(=O)(=O)NC(C)c1ccccc1F. The second kappa shape index (κ2) is 5.92. The Bertz CT molecular complexity index is 742. The van der Waals surface area contributed by atoms with Crippen LogP contribution in [0.5, 0.6) is 0 Å². The molecule has 0 saturated heterocycles. The average Bonchev–Trinajstić information content (AvgIpc) is 2.80. The van der Waals surface area contributed by atoms with Gasteiger partial charge in [0.25, 0.3) is 0 Å². The van der Waals surface area contributed by atoms with Crippen molar-refractivity contribution in [2.75, 3.05) is 0 Å². The summed E-state index contributed by atoms with van der Waals surface area (Å²) in [5.41, 5.74) is 6.41. The summed E-state index contributed by atoms with van der Waals surface area (Å²) in [7, 11) is -3.84. The van der Waals surface area contributed by atoms with Crippen LogP contribution in [0.3, 0.4) is 0 Å². The molecule has 0 aliphatic carbocycles. The van der Waals surface area contributed by atoms with E-state index in [0.717, 1.165) is 0 Å². The van der Waals surface area contributed by atoms with Crippen LogP contribution in [0.2, 0.25) is 0 Å². The second-order valence-electron chi connectivity index (χ2n) is 4.69. The number of benzene rings is 1. The maximum atomic E-state index is 13.7. The molecule has 4 N–H and O–H groups in total. The van der Waals surface area contributed by atoms with Gasteiger partial charge in [-0.25, -0.2) is 17.5 Å². The molecular formula is C13H17FN4O2S. The monoisotopic (exact) mass is 312 g/mol. The number of nitrogens with one attached hydrogen (secondary N) is 2. The molecule has 0 fully saturated rings. The predicted molar refractivity (Wildman–Crippen MR) is 76.4 cm³/mol. The highest BCUT2D eigenvalue weighted by Gasteiger charge is 2.26. The largest absolute Gasteiger partial charge is 0.325 e. The molecule has 114 valence electrons. The van der Waals surface area contributed by atoms with Gasteiger partial charge >= 0.3 is 0 Å². The molecule has 0 aliphatic rings. The Morgan fingerprint density at radius 2 is 2.10 bits per heavy atom. The first-order chi connectivity index (χ1) is 9.86. The molecule has 0 radical (unpaired) electrons. The van der Waals surface area contributed by atoms with Crippen LogP contribution >= 0.6 is 0 Å². The first-order valence-electron chi connectivity index (χ1n) is 6.37. The van der Waals surface area contributed by atoms with Gasteiger partial charge < -0.3 is 5.73 Å². The van der Waals surface area contributed by atoms with Crippen LogP contribution in [0.1, 0.15) is 29.9 Å². The Hall–Kier alpha value is -1.77. The summed E-state index contributed by atoms with van der Waals surface area (Å²) in [6.45, 7) is 3.16. The van der Waals surface area contributed by atoms with Crippen LogP contribution in [0, 0.1) is 12.7 Å². The molecule has 2 aromatic rings. The fourth-order valence-electron chi connectivity index (χ4n) is 2.15. The van der Waals surface area contributed by atoms with Gasteiger partial charge in [-0.3, -0.25) is 5.10 Å². The number of hydrogen-bond donors (Lipinski definition) is 3. The average molecular weight is 312 g/mol. The summed E-state index contributed by atoms with van der Waals surface area (Å²) in [5, 5.41) is 6.45. The smallest absolute Gasteiger partial charge is 0.244 e. The minimum atomic E-state index is -3.84. The Kier molecular flexibility index (Phi) is 4.40. The first kappa shape index (κ1) is 15.6. The molecule has 1 aromatic carbocycles. The van der Waals surface area contributed by atoms with Crippen LogP contribution in [0.4, 0.5) is 4.39 Å². The van der Waals surface area contributed by atoms with Crippen molar-refractivity contribution in [2.24, 2.45) is 5.73 Å². The van der Waals surface area contributed by atoms with Gasteiger partial charge in [-0.15, -0.1) is 0 Å². The highest BCUT2D eigenvalue weighted by Crippen LogP contribution is 2.22. The fourth-order valence-corrected chi connectivity index (χ4v) is 3.74. The van der Waals surface area contributed by atoms with Crippen molar-refractivity contribution in [3.8, 4) is 0 Å². The summed E-state index contributed by atoms with van der Waals surface area (Å²) in [6.07, 6.45) is 0. The third kappa shape index (κ3) is 3.12. The number of rotatable bonds is 5. The number of aromatic nitrogens is 2. The van der Waals surface area contributed by atoms with E-state index < -0.39 is 21.9 Å². The van der Waals surface area contributed by atoms with Crippen LogP contribution in [-0.4, -0.2) is 18.6 Å². The molecular weight excluding hydrogens is 295 g/mol. The van der Waals surface area contributed by atoms with E-state index in [2.05, 4.69) is 14.9 Å². The minimum absolute atomic E-state index is 0.00530. The quantitative estimate of drug-likeness (QED) is 0.776. The highest BCUT2D eigenvalue weighted by atomic mass is 32.2. The van der Waals surface area contributed by atoms with Gasteiger partial charge in [-0.2, -0.15) is 5.10 Å². The number of aryl methyl sites for hydroxylation is 1. The predicted octanol–water partition coefficient (Wildman–Crippen LogP) is 1.36. The number of hydrogen-bond acceptors (Lipinski definition) is 4. The Morgan fingerprint density at radius 1 is 1.43 bits per heavy atom. The lowest BCUT2D eigenvalue weighted by molar-refractivity contribution is 0.549. The van der Waals surface area contributed by atoms with Gasteiger partial charge in [-0.05, 0) is 19.9 Å². The molecule has 0 amide bonds. The zero-order valence-corrected chi connectivity index (χ0v) is 12.5. The number of nitrogens with two attached hydrogens (primary N) is 1. The summed E-state index contributed by atoms with van der Waals surface area (Å²) < 4.78 is 41.0. The van der Waals surface area contributed by atoms with E-state index >= 15 is 0 Å². The molecule has 1 heterocycles. The van der Waals surface area contributed by atoms with Crippen molar-refractivity contribution in [1.82, 2.24) is 14.9 Å². The molecule has 0 aliphatic heterocycles. The van der Waals surface area contributed by atoms with Crippen LogP contribution < -0.4 is 10.5 Å². The third-order valence-electron chi connectivity index (χ3n) is 3.13. The van der Waals surface area contributed by atoms with Crippen molar-refractivity contribution in [1.29, 1.82) is 0 Å². The molecule has 1 unspecified atom stereocenters. The lowest BCUT2D eigenvalue weighted by Gasteiger charge is -2.15. The van der Waals surface area contributed by atoms with Crippen molar-refractivity contribution < 1.29 is 12.8 Å². The highest BCUT2D eigenvalue weighted by molar-refractivity contribution is 7.89. The van der Waals surface area contributed by atoms with Gasteiger partial charge in [0.2, 0.25) is 10.0 Å². The fraction of sp³-hybridized carbons (Fsp3) is 0.308. The normalized spacial score (nSPS) is 13.3. The van der Waals surface area contributed by atoms with E-state index in [0.29, 0.717) is 5.69 Å². The lowest BCUT2D eigenvalue weighted by Crippen LogP contribution is -2.28. The standard InChI is InChI=1S/C13H17FN4O2S/c1-8(10-5-3-4-6-11(10)14)18-21(19,20)13-9(2)16-17-12(13)7-15/h3-6,8,18H,7,15H2,1-2H3,(H,16,17). The van der Waals surface area contributed by atoms with E-state index in [1.54, 1.807) is 26.0 Å². The van der Waals surface area contributed by atoms with Gasteiger partial charge in [0.1, 0.15) is 10.7 Å². The molecule has 0 saturated carbocycles. The molecule has 1 atom stereocenters. The first-order valence-corrected chi connectivity index (χ1v) is 7.85. The Balaban J connectivity index is 2.34.